The van der Waals surface area contributed by atoms with E-state index in [1.165, 1.54) is 0 Å². The lowest BCUT2D eigenvalue weighted by atomic mass is 10.1. The molecule has 6 nitrogen and oxygen atoms in total. The first-order valence-corrected chi connectivity index (χ1v) is 13.3. The summed E-state index contributed by atoms with van der Waals surface area (Å²) in [6.45, 7) is 0. The third-order valence-corrected chi connectivity index (χ3v) is 6.49. The second-order valence-electron chi connectivity index (χ2n) is 9.34. The number of nitrogens with one attached hydrogen (secondary N) is 2. The van der Waals surface area contributed by atoms with Crippen molar-refractivity contribution in [2.24, 2.45) is 10.2 Å². The van der Waals surface area contributed by atoms with E-state index in [1.54, 1.807) is 12.4 Å². The number of fused-ring (bicyclic) bond motifs is 2. The molecule has 0 aliphatic heterocycles. The Morgan fingerprint density at radius 1 is 0.526 bits per heavy atom. The largest absolute Gasteiger partial charge is 0.273 e. The Morgan fingerprint density at radius 3 is 1.39 bits per heavy atom. The summed E-state index contributed by atoms with van der Waals surface area (Å²) in [6.07, 6.45) is 10.1. The van der Waals surface area contributed by atoms with Gasteiger partial charge < -0.3 is 0 Å². The summed E-state index contributed by atoms with van der Waals surface area (Å²) in [5.41, 5.74) is 7.22. The smallest absolute Gasteiger partial charge is 0.240 e. The molecule has 0 atom stereocenters. The Balaban J connectivity index is 1.03. The SMILES string of the molecule is O=C(CCCCCCCCC(=O)N/N=C/c1cccc2ccccc12)N/N=C/c1cccc2ccccc12. The zero-order valence-corrected chi connectivity index (χ0v) is 21.6. The van der Waals surface area contributed by atoms with Gasteiger partial charge in [0, 0.05) is 24.0 Å². The normalized spacial score (nSPS) is 11.5. The molecule has 0 heterocycles. The molecule has 4 aromatic rings. The first kappa shape index (κ1) is 26.7. The molecule has 0 spiro atoms. The van der Waals surface area contributed by atoms with Crippen molar-refractivity contribution < 1.29 is 9.59 Å². The third kappa shape index (κ3) is 8.10. The molecule has 0 aromatic heterocycles. The highest BCUT2D eigenvalue weighted by Crippen LogP contribution is 2.18. The summed E-state index contributed by atoms with van der Waals surface area (Å²) in [5, 5.41) is 12.8. The summed E-state index contributed by atoms with van der Waals surface area (Å²) in [4.78, 5) is 24.1. The number of carbonyl (C=O) groups is 2. The average Bonchev–Trinajstić information content (AvgIpc) is 2.95. The van der Waals surface area contributed by atoms with Crippen molar-refractivity contribution in [1.82, 2.24) is 10.9 Å². The van der Waals surface area contributed by atoms with Gasteiger partial charge in [-0.3, -0.25) is 9.59 Å². The van der Waals surface area contributed by atoms with E-state index >= 15 is 0 Å². The Kier molecular flexibility index (Phi) is 10.2. The van der Waals surface area contributed by atoms with Gasteiger partial charge in [-0.2, -0.15) is 10.2 Å². The molecule has 0 aliphatic rings. The zero-order chi connectivity index (χ0) is 26.4. The lowest BCUT2D eigenvalue weighted by molar-refractivity contribution is -0.122. The van der Waals surface area contributed by atoms with Crippen molar-refractivity contribution in [3.8, 4) is 0 Å². The van der Waals surface area contributed by atoms with E-state index in [-0.39, 0.29) is 11.8 Å². The summed E-state index contributed by atoms with van der Waals surface area (Å²) >= 11 is 0. The highest BCUT2D eigenvalue weighted by molar-refractivity contribution is 6.00. The van der Waals surface area contributed by atoms with Crippen LogP contribution < -0.4 is 10.9 Å². The van der Waals surface area contributed by atoms with Gasteiger partial charge >= 0.3 is 0 Å². The average molecular weight is 507 g/mol. The Morgan fingerprint density at radius 2 is 0.921 bits per heavy atom. The van der Waals surface area contributed by atoms with E-state index in [4.69, 9.17) is 0 Å². The zero-order valence-electron chi connectivity index (χ0n) is 21.6. The van der Waals surface area contributed by atoms with Gasteiger partial charge in [-0.1, -0.05) is 111 Å². The second kappa shape index (κ2) is 14.4. The van der Waals surface area contributed by atoms with Crippen molar-refractivity contribution in [2.45, 2.75) is 51.4 Å². The number of benzene rings is 4. The molecule has 0 radical (unpaired) electrons. The van der Waals surface area contributed by atoms with Crippen LogP contribution in [0.5, 0.6) is 0 Å². The van der Waals surface area contributed by atoms with Gasteiger partial charge in [-0.25, -0.2) is 10.9 Å². The minimum atomic E-state index is -0.0674. The van der Waals surface area contributed by atoms with Crippen LogP contribution in [0.3, 0.4) is 0 Å². The number of unbranched alkanes of at least 4 members (excludes halogenated alkanes) is 5. The number of amides is 2. The fraction of sp³-hybridized carbons (Fsp3) is 0.250. The van der Waals surface area contributed by atoms with Gasteiger partial charge in [0.2, 0.25) is 11.8 Å². The summed E-state index contributed by atoms with van der Waals surface area (Å²) in [7, 11) is 0. The Hall–Kier alpha value is -4.32. The van der Waals surface area contributed by atoms with Crippen molar-refractivity contribution in [2.75, 3.05) is 0 Å². The molecule has 194 valence electrons. The summed E-state index contributed by atoms with van der Waals surface area (Å²) < 4.78 is 0. The van der Waals surface area contributed by atoms with Gasteiger partial charge in [0.05, 0.1) is 12.4 Å². The number of rotatable bonds is 13. The van der Waals surface area contributed by atoms with Crippen LogP contribution >= 0.6 is 0 Å². The number of nitrogens with zero attached hydrogens (tertiary/aromatic N) is 2. The van der Waals surface area contributed by atoms with Crippen molar-refractivity contribution >= 4 is 45.8 Å². The van der Waals surface area contributed by atoms with E-state index in [9.17, 15) is 9.59 Å². The minimum Gasteiger partial charge on any atom is -0.273 e. The molecule has 0 fully saturated rings. The van der Waals surface area contributed by atoms with Crippen molar-refractivity contribution in [1.29, 1.82) is 0 Å². The molecule has 6 heteroatoms. The van der Waals surface area contributed by atoms with Crippen LogP contribution in [0.15, 0.2) is 95.1 Å². The van der Waals surface area contributed by atoms with Gasteiger partial charge in [-0.05, 0) is 34.4 Å². The number of hydrogen-bond donors (Lipinski definition) is 2. The molecule has 2 amide bonds. The maximum atomic E-state index is 12.1. The van der Waals surface area contributed by atoms with Gasteiger partial charge in [-0.15, -0.1) is 0 Å². The van der Waals surface area contributed by atoms with Crippen LogP contribution in [0.1, 0.15) is 62.5 Å². The van der Waals surface area contributed by atoms with Crippen LogP contribution in [0, 0.1) is 0 Å². The molecule has 2 N–H and O–H groups in total. The summed E-state index contributed by atoms with van der Waals surface area (Å²) in [6, 6.07) is 28.3. The van der Waals surface area contributed by atoms with Crippen LogP contribution in [-0.2, 0) is 9.59 Å². The van der Waals surface area contributed by atoms with Crippen LogP contribution in [0.25, 0.3) is 21.5 Å². The second-order valence-corrected chi connectivity index (χ2v) is 9.34. The number of hydrazone groups is 2. The van der Waals surface area contributed by atoms with Gasteiger partial charge in [0.15, 0.2) is 0 Å². The molecule has 0 aliphatic carbocycles. The molecule has 0 bridgehead atoms. The first-order chi connectivity index (χ1) is 18.7. The van der Waals surface area contributed by atoms with E-state index in [2.05, 4.69) is 45.3 Å². The monoisotopic (exact) mass is 506 g/mol. The molecule has 0 saturated carbocycles. The summed E-state index contributed by atoms with van der Waals surface area (Å²) in [5.74, 6) is -0.135. The fourth-order valence-electron chi connectivity index (χ4n) is 4.46. The Bertz CT molecular complexity index is 1310. The predicted octanol–water partition coefficient (Wildman–Crippen LogP) is 6.71. The molecular formula is C32H34N4O2. The quantitative estimate of drug-likeness (QED) is 0.120. The molecule has 0 saturated heterocycles. The van der Waals surface area contributed by atoms with Crippen molar-refractivity contribution in [3.63, 3.8) is 0 Å². The van der Waals surface area contributed by atoms with Crippen LogP contribution in [-0.4, -0.2) is 24.2 Å². The van der Waals surface area contributed by atoms with E-state index < -0.39 is 0 Å². The van der Waals surface area contributed by atoms with Crippen LogP contribution in [0.2, 0.25) is 0 Å². The standard InChI is InChI=1S/C32H34N4O2/c37-31(35-33-23-27-17-11-15-25-13-7-9-19-29(25)27)21-5-3-1-2-4-6-22-32(38)36-34-24-28-18-12-16-26-14-8-10-20-30(26)28/h7-20,23-24H,1-6,21-22H2,(H,35,37)(H,36,38)/b33-23+,34-24+. The molecule has 38 heavy (non-hydrogen) atoms. The maximum absolute atomic E-state index is 12.1. The van der Waals surface area contributed by atoms with Gasteiger partial charge in [0.1, 0.15) is 0 Å². The first-order valence-electron chi connectivity index (χ1n) is 13.3. The van der Waals surface area contributed by atoms with Crippen molar-refractivity contribution in [3.05, 3.63) is 96.1 Å². The number of hydrogen-bond acceptors (Lipinski definition) is 4. The lowest BCUT2D eigenvalue weighted by Crippen LogP contribution is -2.17. The predicted molar refractivity (Wildman–Crippen MR) is 156 cm³/mol. The van der Waals surface area contributed by atoms with E-state index in [1.807, 2.05) is 60.7 Å². The highest BCUT2D eigenvalue weighted by atomic mass is 16.2. The third-order valence-electron chi connectivity index (χ3n) is 6.49. The van der Waals surface area contributed by atoms with Gasteiger partial charge in [0.25, 0.3) is 0 Å². The van der Waals surface area contributed by atoms with E-state index in [0.29, 0.717) is 12.8 Å². The van der Waals surface area contributed by atoms with E-state index in [0.717, 1.165) is 71.2 Å². The molecule has 0 unspecified atom stereocenters. The van der Waals surface area contributed by atoms with Crippen LogP contribution in [0.4, 0.5) is 0 Å². The minimum absolute atomic E-state index is 0.0674. The molecule has 4 rings (SSSR count). The Labute approximate surface area is 223 Å². The highest BCUT2D eigenvalue weighted by Gasteiger charge is 2.03. The fourth-order valence-corrected chi connectivity index (χ4v) is 4.46. The maximum Gasteiger partial charge on any atom is 0.240 e. The molecule has 4 aromatic carbocycles. The topological polar surface area (TPSA) is 82.9 Å². The lowest BCUT2D eigenvalue weighted by Gasteiger charge is -2.03. The molecular weight excluding hydrogens is 472 g/mol. The number of carbonyl (C=O) groups excluding carboxylic acids is 2.